The number of hydrogen-bond donors (Lipinski definition) is 3. The number of carbonyl (C=O) groups excluding carboxylic acids is 1. The van der Waals surface area contributed by atoms with E-state index in [2.05, 4.69) is 15.6 Å². The molecule has 2 aromatic rings. The first-order valence-electron chi connectivity index (χ1n) is 6.28. The highest BCUT2D eigenvalue weighted by atomic mass is 35.5. The molecule has 7 heteroatoms. The highest BCUT2D eigenvalue weighted by molar-refractivity contribution is 7.14. The summed E-state index contributed by atoms with van der Waals surface area (Å²) < 4.78 is 0. The van der Waals surface area contributed by atoms with Crippen molar-refractivity contribution >= 4 is 45.4 Å². The van der Waals surface area contributed by atoms with Crippen LogP contribution in [0.4, 0.5) is 16.5 Å². The van der Waals surface area contributed by atoms with Gasteiger partial charge in [0.05, 0.1) is 16.1 Å². The Bertz CT molecular complexity index is 664. The lowest BCUT2D eigenvalue weighted by Crippen LogP contribution is -2.27. The fourth-order valence-corrected chi connectivity index (χ4v) is 2.20. The van der Waals surface area contributed by atoms with Crippen LogP contribution in [0, 0.1) is 5.41 Å². The van der Waals surface area contributed by atoms with Crippen molar-refractivity contribution in [2.45, 2.75) is 20.8 Å². The number of carbonyl (C=O) groups is 1. The van der Waals surface area contributed by atoms with E-state index in [-0.39, 0.29) is 11.8 Å². The number of aromatic nitrogens is 1. The maximum atomic E-state index is 12.0. The zero-order valence-electron chi connectivity index (χ0n) is 11.9. The molecule has 1 aromatic heterocycles. The molecule has 0 saturated carbocycles. The lowest BCUT2D eigenvalue weighted by atomic mass is 9.95. The third kappa shape index (κ3) is 4.09. The van der Waals surface area contributed by atoms with Crippen LogP contribution in [-0.2, 0) is 4.79 Å². The van der Waals surface area contributed by atoms with E-state index in [0.717, 1.165) is 0 Å². The van der Waals surface area contributed by atoms with Crippen LogP contribution in [0.1, 0.15) is 20.8 Å². The van der Waals surface area contributed by atoms with Gasteiger partial charge in [-0.25, -0.2) is 0 Å². The highest BCUT2D eigenvalue weighted by Gasteiger charge is 2.21. The minimum atomic E-state index is -0.478. The van der Waals surface area contributed by atoms with Crippen LogP contribution in [0.25, 0.3) is 0 Å². The second-order valence-corrected chi connectivity index (χ2v) is 6.80. The zero-order valence-corrected chi connectivity index (χ0v) is 13.5. The smallest absolute Gasteiger partial charge is 0.229 e. The number of nitrogens with one attached hydrogen (secondary N) is 2. The predicted molar refractivity (Wildman–Crippen MR) is 86.6 cm³/mol. The van der Waals surface area contributed by atoms with Gasteiger partial charge in [0.1, 0.15) is 0 Å². The Morgan fingerprint density at radius 1 is 1.38 bits per heavy atom. The molecule has 0 aliphatic heterocycles. The zero-order chi connectivity index (χ0) is 15.6. The van der Waals surface area contributed by atoms with Crippen molar-refractivity contribution < 1.29 is 9.90 Å². The Morgan fingerprint density at radius 3 is 2.67 bits per heavy atom. The van der Waals surface area contributed by atoms with Gasteiger partial charge in [0.25, 0.3) is 0 Å². The summed E-state index contributed by atoms with van der Waals surface area (Å²) in [7, 11) is 0. The van der Waals surface area contributed by atoms with E-state index < -0.39 is 5.41 Å². The number of anilines is 3. The number of benzene rings is 1. The SMILES string of the molecule is CC(C)(C)C(=O)Nc1ccc(Cl)c(Nc2nc(O)cs2)c1. The van der Waals surface area contributed by atoms with Gasteiger partial charge in [-0.15, -0.1) is 11.3 Å². The Kier molecular flexibility index (Phi) is 4.39. The molecule has 21 heavy (non-hydrogen) atoms. The maximum absolute atomic E-state index is 12.0. The molecule has 5 nitrogen and oxygen atoms in total. The van der Waals surface area contributed by atoms with Crippen LogP contribution >= 0.6 is 22.9 Å². The summed E-state index contributed by atoms with van der Waals surface area (Å²) in [5.74, 6) is -0.126. The van der Waals surface area contributed by atoms with Crippen molar-refractivity contribution in [1.82, 2.24) is 4.98 Å². The minimum absolute atomic E-state index is 0.0455. The average Bonchev–Trinajstić information content (AvgIpc) is 2.78. The standard InChI is InChI=1S/C14H16ClN3O2S/c1-14(2,3)12(20)16-8-4-5-9(15)10(6-8)17-13-18-11(19)7-21-13/h4-7,19H,1-3H3,(H,16,20)(H,17,18). The Labute approximate surface area is 132 Å². The molecule has 0 aliphatic carbocycles. The van der Waals surface area contributed by atoms with Crippen molar-refractivity contribution in [3.8, 4) is 5.88 Å². The first-order chi connectivity index (χ1) is 9.75. The van der Waals surface area contributed by atoms with Crippen LogP contribution in [0.15, 0.2) is 23.6 Å². The average molecular weight is 326 g/mol. The normalized spacial score (nSPS) is 11.2. The molecule has 112 valence electrons. The van der Waals surface area contributed by atoms with E-state index in [0.29, 0.717) is 21.5 Å². The van der Waals surface area contributed by atoms with Crippen LogP contribution in [-0.4, -0.2) is 16.0 Å². The van der Waals surface area contributed by atoms with Gasteiger partial charge in [-0.05, 0) is 18.2 Å². The van der Waals surface area contributed by atoms with E-state index in [1.807, 2.05) is 20.8 Å². The summed E-state index contributed by atoms with van der Waals surface area (Å²) in [5, 5.41) is 17.6. The van der Waals surface area contributed by atoms with Crippen molar-refractivity contribution in [2.24, 2.45) is 5.41 Å². The number of rotatable bonds is 3. The largest absolute Gasteiger partial charge is 0.493 e. The van der Waals surface area contributed by atoms with E-state index in [1.54, 1.807) is 18.2 Å². The van der Waals surface area contributed by atoms with Gasteiger partial charge >= 0.3 is 0 Å². The second-order valence-electron chi connectivity index (χ2n) is 5.53. The van der Waals surface area contributed by atoms with Crippen molar-refractivity contribution in [2.75, 3.05) is 10.6 Å². The molecule has 1 heterocycles. The number of halogens is 1. The second kappa shape index (κ2) is 5.91. The molecule has 2 rings (SSSR count). The summed E-state index contributed by atoms with van der Waals surface area (Å²) in [4.78, 5) is 15.9. The molecule has 1 aromatic carbocycles. The van der Waals surface area contributed by atoms with Gasteiger partial charge in [0.2, 0.25) is 11.8 Å². The maximum Gasteiger partial charge on any atom is 0.229 e. The Balaban J connectivity index is 2.19. The van der Waals surface area contributed by atoms with Crippen molar-refractivity contribution in [1.29, 1.82) is 0 Å². The number of hydrogen-bond acceptors (Lipinski definition) is 5. The topological polar surface area (TPSA) is 74.2 Å². The Hall–Kier alpha value is -1.79. The van der Waals surface area contributed by atoms with Gasteiger partial charge < -0.3 is 15.7 Å². The third-order valence-corrected chi connectivity index (χ3v) is 3.71. The van der Waals surface area contributed by atoms with E-state index in [9.17, 15) is 9.90 Å². The molecule has 3 N–H and O–H groups in total. The number of nitrogens with zero attached hydrogens (tertiary/aromatic N) is 1. The van der Waals surface area contributed by atoms with Crippen LogP contribution in [0.3, 0.4) is 0 Å². The summed E-state index contributed by atoms with van der Waals surface area (Å²) in [5.41, 5.74) is 0.772. The molecular formula is C14H16ClN3O2S. The fraction of sp³-hybridized carbons (Fsp3) is 0.286. The van der Waals surface area contributed by atoms with Gasteiger partial charge in [0, 0.05) is 11.1 Å². The molecule has 1 amide bonds. The monoisotopic (exact) mass is 325 g/mol. The molecule has 0 radical (unpaired) electrons. The van der Waals surface area contributed by atoms with Gasteiger partial charge in [-0.3, -0.25) is 4.79 Å². The first-order valence-corrected chi connectivity index (χ1v) is 7.54. The summed E-state index contributed by atoms with van der Waals surface area (Å²) in [6.07, 6.45) is 0. The molecule has 0 spiro atoms. The lowest BCUT2D eigenvalue weighted by molar-refractivity contribution is -0.123. The molecule has 0 bridgehead atoms. The predicted octanol–water partition coefficient (Wildman–Crippen LogP) is 4.23. The number of thiazole rings is 1. The van der Waals surface area contributed by atoms with Crippen molar-refractivity contribution in [3.05, 3.63) is 28.6 Å². The lowest BCUT2D eigenvalue weighted by Gasteiger charge is -2.18. The summed E-state index contributed by atoms with van der Waals surface area (Å²) >= 11 is 7.38. The minimum Gasteiger partial charge on any atom is -0.493 e. The molecule has 0 aliphatic rings. The summed E-state index contributed by atoms with van der Waals surface area (Å²) in [6, 6.07) is 5.15. The number of aromatic hydroxyl groups is 1. The molecule has 0 unspecified atom stereocenters. The summed E-state index contributed by atoms with van der Waals surface area (Å²) in [6.45, 7) is 5.53. The molecule has 0 fully saturated rings. The van der Waals surface area contributed by atoms with Crippen LogP contribution < -0.4 is 10.6 Å². The molecule has 0 atom stereocenters. The van der Waals surface area contributed by atoms with E-state index in [4.69, 9.17) is 11.6 Å². The highest BCUT2D eigenvalue weighted by Crippen LogP contribution is 2.31. The van der Waals surface area contributed by atoms with Crippen molar-refractivity contribution in [3.63, 3.8) is 0 Å². The third-order valence-electron chi connectivity index (χ3n) is 2.64. The van der Waals surface area contributed by atoms with Gasteiger partial charge in [-0.1, -0.05) is 32.4 Å². The fourth-order valence-electron chi connectivity index (χ4n) is 1.46. The molecular weight excluding hydrogens is 310 g/mol. The van der Waals surface area contributed by atoms with Crippen LogP contribution in [0.2, 0.25) is 5.02 Å². The quantitative estimate of drug-likeness (QED) is 0.789. The molecule has 0 saturated heterocycles. The Morgan fingerprint density at radius 2 is 2.10 bits per heavy atom. The van der Waals surface area contributed by atoms with Crippen LogP contribution in [0.5, 0.6) is 5.88 Å². The van der Waals surface area contributed by atoms with Gasteiger partial charge in [0.15, 0.2) is 5.13 Å². The van der Waals surface area contributed by atoms with E-state index in [1.165, 1.54) is 16.7 Å². The number of amides is 1. The van der Waals surface area contributed by atoms with E-state index >= 15 is 0 Å². The first kappa shape index (κ1) is 15.6. The van der Waals surface area contributed by atoms with Gasteiger partial charge in [-0.2, -0.15) is 4.98 Å².